The zero-order chi connectivity index (χ0) is 29.5. The largest absolute Gasteiger partial charge is 0.465 e. The van der Waals surface area contributed by atoms with Gasteiger partial charge >= 0.3 is 5.97 Å². The van der Waals surface area contributed by atoms with Crippen LogP contribution in [-0.2, 0) is 16.1 Å². The maximum absolute atomic E-state index is 15.9. The number of halogens is 3. The molecule has 7 nitrogen and oxygen atoms in total. The summed E-state index contributed by atoms with van der Waals surface area (Å²) in [6.07, 6.45) is 2.58. The first-order chi connectivity index (χ1) is 20.3. The van der Waals surface area contributed by atoms with Crippen LogP contribution in [-0.4, -0.2) is 52.1 Å². The van der Waals surface area contributed by atoms with Crippen molar-refractivity contribution in [3.8, 4) is 0 Å². The number of hydrogen-bond donors (Lipinski definition) is 1. The van der Waals surface area contributed by atoms with Crippen molar-refractivity contribution in [2.24, 2.45) is 0 Å². The molecule has 1 amide bonds. The summed E-state index contributed by atoms with van der Waals surface area (Å²) in [6, 6.07) is 16.6. The van der Waals surface area contributed by atoms with E-state index in [1.165, 1.54) is 13.2 Å². The number of ether oxygens (including phenoxy) is 1. The lowest BCUT2D eigenvalue weighted by molar-refractivity contribution is -0.121. The Bertz CT molecular complexity index is 1680. The van der Waals surface area contributed by atoms with E-state index in [1.54, 1.807) is 48.5 Å². The van der Waals surface area contributed by atoms with Crippen molar-refractivity contribution in [1.82, 2.24) is 14.5 Å². The molecule has 4 atom stereocenters. The topological polar surface area (TPSA) is 76.5 Å². The summed E-state index contributed by atoms with van der Waals surface area (Å²) in [4.78, 5) is 33.7. The predicted molar refractivity (Wildman–Crippen MR) is 162 cm³/mol. The van der Waals surface area contributed by atoms with Crippen LogP contribution >= 0.6 is 23.2 Å². The van der Waals surface area contributed by atoms with Gasteiger partial charge in [0.15, 0.2) is 0 Å². The summed E-state index contributed by atoms with van der Waals surface area (Å²) >= 11 is 12.5. The van der Waals surface area contributed by atoms with Gasteiger partial charge in [-0.1, -0.05) is 54.7 Å². The van der Waals surface area contributed by atoms with E-state index in [0.717, 1.165) is 30.6 Å². The Balaban J connectivity index is 1.52. The maximum atomic E-state index is 15.9. The Hall–Kier alpha value is -3.46. The first kappa shape index (κ1) is 28.6. The number of amides is 1. The van der Waals surface area contributed by atoms with Crippen LogP contribution in [0, 0.1) is 5.82 Å². The van der Waals surface area contributed by atoms with Gasteiger partial charge in [0.1, 0.15) is 11.6 Å². The lowest BCUT2D eigenvalue weighted by Crippen LogP contribution is -2.46. The normalized spacial score (nSPS) is 21.6. The van der Waals surface area contributed by atoms with E-state index in [9.17, 15) is 9.59 Å². The molecule has 0 saturated carbocycles. The van der Waals surface area contributed by atoms with Crippen LogP contribution in [0.4, 0.5) is 10.1 Å². The van der Waals surface area contributed by atoms with Gasteiger partial charge in [0.25, 0.3) is 0 Å². The molecule has 0 spiro atoms. The number of esters is 1. The van der Waals surface area contributed by atoms with Crippen molar-refractivity contribution in [3.63, 3.8) is 0 Å². The van der Waals surface area contributed by atoms with Gasteiger partial charge < -0.3 is 14.6 Å². The van der Waals surface area contributed by atoms with E-state index < -0.39 is 23.7 Å². The van der Waals surface area contributed by atoms with Gasteiger partial charge in [-0.15, -0.1) is 0 Å². The number of anilines is 1. The highest BCUT2D eigenvalue weighted by Crippen LogP contribution is 2.52. The van der Waals surface area contributed by atoms with Crippen LogP contribution < -0.4 is 5.32 Å². The summed E-state index contributed by atoms with van der Waals surface area (Å²) in [7, 11) is 1.34. The number of likely N-dealkylation sites (tertiary alicyclic amines) is 1. The minimum atomic E-state index is -0.685. The minimum Gasteiger partial charge on any atom is -0.465 e. The fraction of sp³-hybridized carbons (Fsp3) is 0.344. The Kier molecular flexibility index (Phi) is 7.96. The molecular formula is C32H31Cl2FN4O3. The number of rotatable bonds is 7. The van der Waals surface area contributed by atoms with Crippen LogP contribution in [0.15, 0.2) is 60.7 Å². The second-order valence-corrected chi connectivity index (χ2v) is 11.7. The van der Waals surface area contributed by atoms with Crippen molar-refractivity contribution in [2.75, 3.05) is 19.0 Å². The summed E-state index contributed by atoms with van der Waals surface area (Å²) in [5.74, 6) is -1.30. The van der Waals surface area contributed by atoms with Gasteiger partial charge in [-0.3, -0.25) is 9.69 Å². The molecule has 3 aromatic carbocycles. The standard InChI is InChI=1S/C32H31Cl2FN4O3/c1-3-4-14-38-25-13-15-39-24-12-11-18(32(41)42-2)16-23(24)37-30(39)27(25)26(21-9-6-10-22(34)28(21)35)29(38)31(40)36-20-8-5-7-19(33)17-20/h5-12,16-17,25-27,29H,3-4,13-15H2,1-2H3,(H,36,40)/t25-,26-,27+,29+/m0/s1. The number of benzene rings is 3. The first-order valence-electron chi connectivity index (χ1n) is 14.2. The molecule has 1 aromatic heterocycles. The van der Waals surface area contributed by atoms with Gasteiger partial charge in [0.05, 0.1) is 34.8 Å². The van der Waals surface area contributed by atoms with Gasteiger partial charge in [0, 0.05) is 35.1 Å². The van der Waals surface area contributed by atoms with E-state index >= 15 is 4.39 Å². The molecule has 0 unspecified atom stereocenters. The van der Waals surface area contributed by atoms with Crippen molar-refractivity contribution in [3.05, 3.63) is 93.5 Å². The van der Waals surface area contributed by atoms with Crippen LogP contribution in [0.5, 0.6) is 0 Å². The number of imidazole rings is 1. The molecule has 2 aliphatic heterocycles. The smallest absolute Gasteiger partial charge is 0.337 e. The second kappa shape index (κ2) is 11.7. The lowest BCUT2D eigenvalue weighted by Gasteiger charge is -2.34. The van der Waals surface area contributed by atoms with Crippen molar-refractivity contribution < 1.29 is 18.7 Å². The third-order valence-electron chi connectivity index (χ3n) is 8.54. The van der Waals surface area contributed by atoms with Crippen molar-refractivity contribution >= 4 is 51.8 Å². The predicted octanol–water partition coefficient (Wildman–Crippen LogP) is 7.03. The Morgan fingerprint density at radius 1 is 1.10 bits per heavy atom. The van der Waals surface area contributed by atoms with Crippen molar-refractivity contribution in [1.29, 1.82) is 0 Å². The average Bonchev–Trinajstić information content (AvgIpc) is 3.52. The van der Waals surface area contributed by atoms with Crippen molar-refractivity contribution in [2.45, 2.75) is 56.7 Å². The van der Waals surface area contributed by atoms with E-state index in [1.807, 2.05) is 6.07 Å². The van der Waals surface area contributed by atoms with Gasteiger partial charge in [-0.05, 0) is 67.4 Å². The number of methoxy groups -OCH3 is 1. The summed E-state index contributed by atoms with van der Waals surface area (Å²) in [5, 5.41) is 3.57. The molecular weight excluding hydrogens is 578 g/mol. The number of nitrogens with zero attached hydrogens (tertiary/aromatic N) is 3. The highest BCUT2D eigenvalue weighted by molar-refractivity contribution is 6.31. The number of hydrogen-bond acceptors (Lipinski definition) is 5. The van der Waals surface area contributed by atoms with Crippen LogP contribution in [0.1, 0.15) is 59.8 Å². The number of unbranched alkanes of at least 4 members (excludes halogenated alkanes) is 1. The summed E-state index contributed by atoms with van der Waals surface area (Å²) in [6.45, 7) is 3.47. The Morgan fingerprint density at radius 3 is 2.67 bits per heavy atom. The molecule has 0 radical (unpaired) electrons. The van der Waals surface area contributed by atoms with Gasteiger partial charge in [0.2, 0.25) is 5.91 Å². The molecule has 42 heavy (non-hydrogen) atoms. The molecule has 1 saturated heterocycles. The molecule has 1 N–H and O–H groups in total. The molecule has 2 aliphatic rings. The van der Waals surface area contributed by atoms with E-state index in [0.29, 0.717) is 40.4 Å². The molecule has 3 heterocycles. The number of aryl methyl sites for hydroxylation is 1. The summed E-state index contributed by atoms with van der Waals surface area (Å²) < 4.78 is 22.9. The number of nitrogens with one attached hydrogen (secondary N) is 1. The highest BCUT2D eigenvalue weighted by atomic mass is 35.5. The molecule has 218 valence electrons. The zero-order valence-corrected chi connectivity index (χ0v) is 24.8. The van der Waals surface area contributed by atoms with E-state index in [4.69, 9.17) is 32.9 Å². The highest BCUT2D eigenvalue weighted by Gasteiger charge is 2.56. The Morgan fingerprint density at radius 2 is 1.90 bits per heavy atom. The maximum Gasteiger partial charge on any atom is 0.337 e. The molecule has 4 aromatic rings. The first-order valence-corrected chi connectivity index (χ1v) is 14.9. The molecule has 10 heteroatoms. The molecule has 6 rings (SSSR count). The fourth-order valence-electron chi connectivity index (χ4n) is 6.76. The molecule has 0 aliphatic carbocycles. The van der Waals surface area contributed by atoms with Crippen LogP contribution in [0.3, 0.4) is 0 Å². The van der Waals surface area contributed by atoms with E-state index in [2.05, 4.69) is 21.7 Å². The Labute approximate surface area is 253 Å². The third-order valence-corrected chi connectivity index (χ3v) is 9.07. The molecule has 0 bridgehead atoms. The van der Waals surface area contributed by atoms with Crippen LogP contribution in [0.25, 0.3) is 11.0 Å². The average molecular weight is 610 g/mol. The number of aromatic nitrogens is 2. The van der Waals surface area contributed by atoms with Gasteiger partial charge in [-0.2, -0.15) is 0 Å². The van der Waals surface area contributed by atoms with E-state index in [-0.39, 0.29) is 22.9 Å². The summed E-state index contributed by atoms with van der Waals surface area (Å²) in [5.41, 5.74) is 2.91. The quantitative estimate of drug-likeness (QED) is 0.228. The fourth-order valence-corrected chi connectivity index (χ4v) is 7.13. The van der Waals surface area contributed by atoms with Crippen LogP contribution in [0.2, 0.25) is 10.0 Å². The SMILES string of the molecule is CCCCN1[C@H]2CCn3c(nc4cc(C(=O)OC)ccc43)[C@H]2[C@H](c2cccc(Cl)c2F)[C@@H]1C(=O)Nc1cccc(Cl)c1. The zero-order valence-electron chi connectivity index (χ0n) is 23.3. The second-order valence-electron chi connectivity index (χ2n) is 10.9. The number of carbonyl (C=O) groups is 2. The number of carbonyl (C=O) groups excluding carboxylic acids is 2. The third kappa shape index (κ3) is 4.95. The van der Waals surface area contributed by atoms with Gasteiger partial charge in [-0.25, -0.2) is 14.2 Å². The monoisotopic (exact) mass is 608 g/mol. The molecule has 1 fully saturated rings. The lowest BCUT2D eigenvalue weighted by atomic mass is 9.78. The number of fused-ring (bicyclic) bond motifs is 5. The minimum absolute atomic E-state index is 0.0112.